The van der Waals surface area contributed by atoms with E-state index in [1.807, 2.05) is 13.8 Å². The maximum Gasteiger partial charge on any atom is 0.249 e. The smallest absolute Gasteiger partial charge is 0.249 e. The van der Waals surface area contributed by atoms with Crippen molar-refractivity contribution in [1.29, 1.82) is 0 Å². The van der Waals surface area contributed by atoms with Crippen LogP contribution in [0.4, 0.5) is 5.88 Å². The first-order chi connectivity index (χ1) is 8.06. The molecule has 1 aliphatic rings. The van der Waals surface area contributed by atoms with Crippen molar-refractivity contribution in [3.8, 4) is 0 Å². The van der Waals surface area contributed by atoms with E-state index in [0.29, 0.717) is 18.7 Å². The van der Waals surface area contributed by atoms with Gasteiger partial charge in [-0.1, -0.05) is 19.0 Å². The molecule has 6 heteroatoms. The number of imide groups is 1. The number of carbonyl (C=O) groups is 2. The van der Waals surface area contributed by atoms with Gasteiger partial charge in [0.25, 0.3) is 0 Å². The molecular weight excluding hydrogens is 222 g/mol. The summed E-state index contributed by atoms with van der Waals surface area (Å²) in [4.78, 5) is 22.5. The Balaban J connectivity index is 2.00. The Morgan fingerprint density at radius 2 is 2.29 bits per heavy atom. The Morgan fingerprint density at radius 3 is 2.88 bits per heavy atom. The Kier molecular flexibility index (Phi) is 3.12. The molecule has 2 rings (SSSR count). The van der Waals surface area contributed by atoms with Crippen molar-refractivity contribution in [3.05, 3.63) is 11.8 Å². The highest BCUT2D eigenvalue weighted by molar-refractivity contribution is 6.01. The Bertz CT molecular complexity index is 439. The van der Waals surface area contributed by atoms with Crippen LogP contribution in [-0.2, 0) is 9.59 Å². The van der Waals surface area contributed by atoms with Gasteiger partial charge in [-0.25, -0.2) is 0 Å². The molecule has 1 unspecified atom stereocenters. The summed E-state index contributed by atoms with van der Waals surface area (Å²) in [6.07, 6.45) is 0.816. The predicted molar refractivity (Wildman–Crippen MR) is 60.4 cm³/mol. The number of anilines is 1. The molecule has 0 aliphatic carbocycles. The van der Waals surface area contributed by atoms with Gasteiger partial charge in [-0.2, -0.15) is 0 Å². The number of amides is 2. The summed E-state index contributed by atoms with van der Waals surface area (Å²) in [5, 5.41) is 9.09. The van der Waals surface area contributed by atoms with Crippen molar-refractivity contribution in [3.63, 3.8) is 0 Å². The lowest BCUT2D eigenvalue weighted by Crippen LogP contribution is -2.47. The van der Waals surface area contributed by atoms with E-state index in [1.54, 1.807) is 6.07 Å². The van der Waals surface area contributed by atoms with E-state index >= 15 is 0 Å². The molecule has 1 saturated heterocycles. The van der Waals surface area contributed by atoms with Crippen LogP contribution >= 0.6 is 0 Å². The van der Waals surface area contributed by atoms with Gasteiger partial charge in [0.2, 0.25) is 17.7 Å². The molecule has 17 heavy (non-hydrogen) atoms. The van der Waals surface area contributed by atoms with Crippen LogP contribution in [0.2, 0.25) is 0 Å². The molecule has 0 spiro atoms. The molecule has 2 N–H and O–H groups in total. The fraction of sp³-hybridized carbons (Fsp3) is 0.545. The summed E-state index contributed by atoms with van der Waals surface area (Å²) in [6, 6.07) is 1.34. The van der Waals surface area contributed by atoms with Crippen molar-refractivity contribution in [2.45, 2.75) is 38.6 Å². The summed E-state index contributed by atoms with van der Waals surface area (Å²) in [5.41, 5.74) is 0.833. The van der Waals surface area contributed by atoms with Gasteiger partial charge in [-0.3, -0.25) is 14.9 Å². The van der Waals surface area contributed by atoms with Crippen LogP contribution in [0.1, 0.15) is 38.3 Å². The number of hydrogen-bond acceptors (Lipinski definition) is 5. The van der Waals surface area contributed by atoms with E-state index < -0.39 is 6.04 Å². The highest BCUT2D eigenvalue weighted by atomic mass is 16.5. The lowest BCUT2D eigenvalue weighted by Gasteiger charge is -2.20. The molecular formula is C11H15N3O3. The van der Waals surface area contributed by atoms with Gasteiger partial charge in [0, 0.05) is 12.5 Å². The Hall–Kier alpha value is -1.85. The third-order valence-corrected chi connectivity index (χ3v) is 2.68. The second-order valence-electron chi connectivity index (χ2n) is 4.42. The molecule has 92 valence electrons. The standard InChI is InChI=1S/C11H15N3O3/c1-6(2)8-5-10(17-14-8)12-7-3-4-9(15)13-11(7)16/h5-7,12H,3-4H2,1-2H3,(H,13,15,16). The minimum Gasteiger partial charge on any atom is -0.342 e. The van der Waals surface area contributed by atoms with E-state index in [9.17, 15) is 9.59 Å². The van der Waals surface area contributed by atoms with Crippen LogP contribution in [0.15, 0.2) is 10.6 Å². The van der Waals surface area contributed by atoms with E-state index in [1.165, 1.54) is 0 Å². The van der Waals surface area contributed by atoms with Gasteiger partial charge < -0.3 is 9.84 Å². The van der Waals surface area contributed by atoms with Gasteiger partial charge in [0.1, 0.15) is 6.04 Å². The summed E-state index contributed by atoms with van der Waals surface area (Å²) in [6.45, 7) is 4.02. The molecule has 1 aromatic heterocycles. The molecule has 2 heterocycles. The minimum atomic E-state index is -0.430. The number of piperidine rings is 1. The van der Waals surface area contributed by atoms with Gasteiger partial charge in [-0.05, 0) is 12.3 Å². The normalized spacial score (nSPS) is 20.5. The lowest BCUT2D eigenvalue weighted by molar-refractivity contribution is -0.133. The Morgan fingerprint density at radius 1 is 1.53 bits per heavy atom. The van der Waals surface area contributed by atoms with Crippen LogP contribution in [-0.4, -0.2) is 23.0 Å². The molecule has 1 aliphatic heterocycles. The summed E-state index contributed by atoms with van der Waals surface area (Å²) in [5.74, 6) is 0.191. The third-order valence-electron chi connectivity index (χ3n) is 2.68. The highest BCUT2D eigenvalue weighted by Crippen LogP contribution is 2.19. The van der Waals surface area contributed by atoms with Crippen molar-refractivity contribution in [1.82, 2.24) is 10.5 Å². The molecule has 0 saturated carbocycles. The molecule has 1 atom stereocenters. The van der Waals surface area contributed by atoms with E-state index in [4.69, 9.17) is 4.52 Å². The summed E-state index contributed by atoms with van der Waals surface area (Å²) in [7, 11) is 0. The van der Waals surface area contributed by atoms with Crippen LogP contribution in [0, 0.1) is 0 Å². The number of aromatic nitrogens is 1. The van der Waals surface area contributed by atoms with Gasteiger partial charge >= 0.3 is 0 Å². The average molecular weight is 237 g/mol. The Labute approximate surface area is 98.7 Å². The number of carbonyl (C=O) groups excluding carboxylic acids is 2. The molecule has 2 amide bonds. The van der Waals surface area contributed by atoms with Gasteiger partial charge in [0.15, 0.2) is 0 Å². The van der Waals surface area contributed by atoms with Crippen LogP contribution < -0.4 is 10.6 Å². The molecule has 0 radical (unpaired) electrons. The number of nitrogens with one attached hydrogen (secondary N) is 2. The second kappa shape index (κ2) is 4.57. The fourth-order valence-electron chi connectivity index (χ4n) is 1.63. The molecule has 1 fully saturated rings. The van der Waals surface area contributed by atoms with Crippen molar-refractivity contribution < 1.29 is 14.1 Å². The topological polar surface area (TPSA) is 84.2 Å². The van der Waals surface area contributed by atoms with Crippen LogP contribution in [0.3, 0.4) is 0 Å². The molecule has 0 aromatic carbocycles. The monoisotopic (exact) mass is 237 g/mol. The van der Waals surface area contributed by atoms with Crippen molar-refractivity contribution >= 4 is 17.7 Å². The third kappa shape index (κ3) is 2.64. The summed E-state index contributed by atoms with van der Waals surface area (Å²) >= 11 is 0. The van der Waals surface area contributed by atoms with E-state index in [0.717, 1.165) is 5.69 Å². The lowest BCUT2D eigenvalue weighted by atomic mass is 10.1. The number of hydrogen-bond donors (Lipinski definition) is 2. The van der Waals surface area contributed by atoms with E-state index in [-0.39, 0.29) is 17.7 Å². The zero-order valence-corrected chi connectivity index (χ0v) is 9.82. The molecule has 6 nitrogen and oxygen atoms in total. The van der Waals surface area contributed by atoms with Crippen LogP contribution in [0.25, 0.3) is 0 Å². The van der Waals surface area contributed by atoms with Crippen molar-refractivity contribution in [2.75, 3.05) is 5.32 Å². The largest absolute Gasteiger partial charge is 0.342 e. The minimum absolute atomic E-state index is 0.228. The van der Waals surface area contributed by atoms with E-state index in [2.05, 4.69) is 15.8 Å². The SMILES string of the molecule is CC(C)c1cc(NC2CCC(=O)NC2=O)on1. The predicted octanol–water partition coefficient (Wildman–Crippen LogP) is 1.02. The second-order valence-corrected chi connectivity index (χ2v) is 4.42. The quantitative estimate of drug-likeness (QED) is 0.766. The maximum atomic E-state index is 11.5. The molecule has 1 aromatic rings. The fourth-order valence-corrected chi connectivity index (χ4v) is 1.63. The summed E-state index contributed by atoms with van der Waals surface area (Å²) < 4.78 is 5.08. The van der Waals surface area contributed by atoms with Crippen LogP contribution in [0.5, 0.6) is 0 Å². The number of nitrogens with zero attached hydrogens (tertiary/aromatic N) is 1. The number of rotatable bonds is 3. The maximum absolute atomic E-state index is 11.5. The highest BCUT2D eigenvalue weighted by Gasteiger charge is 2.27. The zero-order chi connectivity index (χ0) is 12.4. The van der Waals surface area contributed by atoms with Gasteiger partial charge in [-0.15, -0.1) is 0 Å². The first-order valence-corrected chi connectivity index (χ1v) is 5.63. The van der Waals surface area contributed by atoms with Gasteiger partial charge in [0.05, 0.1) is 5.69 Å². The first-order valence-electron chi connectivity index (χ1n) is 5.63. The first kappa shape index (κ1) is 11.6. The average Bonchev–Trinajstić information content (AvgIpc) is 2.71. The molecule has 0 bridgehead atoms. The zero-order valence-electron chi connectivity index (χ0n) is 9.82. The van der Waals surface area contributed by atoms with Crippen molar-refractivity contribution in [2.24, 2.45) is 0 Å².